The molecule has 2 aromatic heterocycles. The normalized spacial score (nSPS) is 16.1. The Balaban J connectivity index is 1.79. The van der Waals surface area contributed by atoms with Crippen molar-refractivity contribution in [1.82, 2.24) is 19.7 Å². The van der Waals surface area contributed by atoms with E-state index in [0.717, 1.165) is 40.4 Å². The van der Waals surface area contributed by atoms with Crippen LogP contribution in [0.2, 0.25) is 0 Å². The minimum absolute atomic E-state index is 0.145. The molecular formula is C21H22N6O2. The van der Waals surface area contributed by atoms with Crippen molar-refractivity contribution in [2.75, 3.05) is 25.1 Å². The minimum atomic E-state index is -0.351. The summed E-state index contributed by atoms with van der Waals surface area (Å²) in [6, 6.07) is 9.87. The minimum Gasteiger partial charge on any atom is -0.496 e. The number of hydrogen-bond donors (Lipinski definition) is 1. The van der Waals surface area contributed by atoms with Crippen LogP contribution in [0.25, 0.3) is 22.5 Å². The molecule has 8 nitrogen and oxygen atoms in total. The lowest BCUT2D eigenvalue weighted by molar-refractivity contribution is 0.198. The Labute approximate surface area is 169 Å². The summed E-state index contributed by atoms with van der Waals surface area (Å²) in [5.74, 6) is 1.36. The lowest BCUT2D eigenvalue weighted by Gasteiger charge is -2.15. The first-order valence-corrected chi connectivity index (χ1v) is 9.45. The van der Waals surface area contributed by atoms with Gasteiger partial charge in [0, 0.05) is 36.6 Å². The number of anilines is 1. The second kappa shape index (κ2) is 7.89. The van der Waals surface area contributed by atoms with Crippen molar-refractivity contribution in [2.45, 2.75) is 26.0 Å². The highest BCUT2D eigenvalue weighted by Gasteiger charge is 2.23. The maximum Gasteiger partial charge on any atom is 0.225 e. The lowest BCUT2D eigenvalue weighted by atomic mass is 10.0. The van der Waals surface area contributed by atoms with E-state index in [4.69, 9.17) is 15.0 Å². The molecular weight excluding hydrogens is 368 g/mol. The smallest absolute Gasteiger partial charge is 0.225 e. The molecule has 1 fully saturated rings. The monoisotopic (exact) mass is 390 g/mol. The van der Waals surface area contributed by atoms with Crippen molar-refractivity contribution in [3.8, 4) is 34.3 Å². The van der Waals surface area contributed by atoms with E-state index < -0.39 is 0 Å². The summed E-state index contributed by atoms with van der Waals surface area (Å²) in [5.41, 5.74) is 4.18. The molecule has 1 saturated heterocycles. The quantitative estimate of drug-likeness (QED) is 0.714. The summed E-state index contributed by atoms with van der Waals surface area (Å²) in [5, 5.41) is 23.5. The van der Waals surface area contributed by atoms with Crippen molar-refractivity contribution in [3.05, 3.63) is 42.2 Å². The number of nitrogens with zero attached hydrogens (tertiary/aromatic N) is 6. The zero-order valence-electron chi connectivity index (χ0n) is 16.4. The summed E-state index contributed by atoms with van der Waals surface area (Å²) in [4.78, 5) is 11.1. The molecule has 0 unspecified atom stereocenters. The van der Waals surface area contributed by atoms with Crippen LogP contribution >= 0.6 is 0 Å². The van der Waals surface area contributed by atoms with Crippen LogP contribution in [0.1, 0.15) is 12.0 Å². The molecule has 1 aliphatic heterocycles. The highest BCUT2D eigenvalue weighted by atomic mass is 16.5. The first kappa shape index (κ1) is 18.9. The third kappa shape index (κ3) is 3.77. The van der Waals surface area contributed by atoms with E-state index in [-0.39, 0.29) is 12.6 Å². The highest BCUT2D eigenvalue weighted by Crippen LogP contribution is 2.33. The summed E-state index contributed by atoms with van der Waals surface area (Å²) in [6.07, 6.45) is 3.90. The number of rotatable bonds is 5. The van der Waals surface area contributed by atoms with E-state index in [1.165, 1.54) is 0 Å². The Morgan fingerprint density at radius 2 is 2.21 bits per heavy atom. The van der Waals surface area contributed by atoms with Gasteiger partial charge in [-0.1, -0.05) is 12.1 Å². The third-order valence-electron chi connectivity index (χ3n) is 5.04. The number of nitriles is 1. The maximum atomic E-state index is 9.82. The molecule has 3 heterocycles. The Bertz CT molecular complexity index is 1070. The van der Waals surface area contributed by atoms with Crippen molar-refractivity contribution >= 4 is 5.95 Å². The molecule has 0 amide bonds. The summed E-state index contributed by atoms with van der Waals surface area (Å²) < 4.78 is 7.07. The zero-order valence-corrected chi connectivity index (χ0v) is 16.4. The van der Waals surface area contributed by atoms with Crippen molar-refractivity contribution < 1.29 is 9.84 Å². The van der Waals surface area contributed by atoms with Crippen molar-refractivity contribution in [1.29, 1.82) is 5.26 Å². The van der Waals surface area contributed by atoms with Gasteiger partial charge >= 0.3 is 0 Å². The van der Waals surface area contributed by atoms with Crippen LogP contribution in [0.15, 0.2) is 36.7 Å². The number of methoxy groups -OCH3 is 1. The molecule has 0 bridgehead atoms. The Hall–Kier alpha value is -3.44. The predicted molar refractivity (Wildman–Crippen MR) is 108 cm³/mol. The number of benzene rings is 1. The largest absolute Gasteiger partial charge is 0.496 e. The molecule has 29 heavy (non-hydrogen) atoms. The van der Waals surface area contributed by atoms with Gasteiger partial charge in [0.15, 0.2) is 0 Å². The SMILES string of the molecule is COc1cc(-c2nn(CC#N)cc2-c2ccnc(N3CC[C@H](O)C3)n2)ccc1C. The first-order valence-electron chi connectivity index (χ1n) is 9.45. The second-order valence-electron chi connectivity index (χ2n) is 7.06. The molecule has 3 aromatic rings. The fourth-order valence-electron chi connectivity index (χ4n) is 3.52. The van der Waals surface area contributed by atoms with Gasteiger partial charge in [-0.2, -0.15) is 10.4 Å². The molecule has 1 aliphatic rings. The number of β-amino-alcohol motifs (C(OH)–C–C–N with tert-alkyl or cyclic N) is 1. The van der Waals surface area contributed by atoms with Gasteiger partial charge in [0.25, 0.3) is 0 Å². The van der Waals surface area contributed by atoms with E-state index in [1.807, 2.05) is 42.3 Å². The standard InChI is InChI=1S/C21H22N6O2/c1-14-3-4-15(11-19(14)29-2)20-17(13-27(25-20)10-7-22)18-5-8-23-21(24-18)26-9-6-16(28)12-26/h3-5,8,11,13,16,28H,6,9-10,12H2,1-2H3/t16-/m0/s1. The van der Waals surface area contributed by atoms with Crippen LogP contribution in [0, 0.1) is 18.3 Å². The number of hydrogen-bond acceptors (Lipinski definition) is 7. The molecule has 4 rings (SSSR count). The van der Waals surface area contributed by atoms with Crippen LogP contribution in [0.3, 0.4) is 0 Å². The maximum absolute atomic E-state index is 9.82. The number of aliphatic hydroxyl groups excluding tert-OH is 1. The van der Waals surface area contributed by atoms with Crippen LogP contribution in [0.5, 0.6) is 5.75 Å². The molecule has 8 heteroatoms. The van der Waals surface area contributed by atoms with Gasteiger partial charge in [-0.3, -0.25) is 4.68 Å². The summed E-state index contributed by atoms with van der Waals surface area (Å²) in [7, 11) is 1.64. The average Bonchev–Trinajstić information content (AvgIpc) is 3.35. The fourth-order valence-corrected chi connectivity index (χ4v) is 3.52. The van der Waals surface area contributed by atoms with Gasteiger partial charge in [-0.05, 0) is 31.0 Å². The zero-order chi connectivity index (χ0) is 20.4. The molecule has 0 aliphatic carbocycles. The summed E-state index contributed by atoms with van der Waals surface area (Å²) >= 11 is 0. The number of aryl methyl sites for hydroxylation is 1. The molecule has 0 radical (unpaired) electrons. The van der Waals surface area contributed by atoms with Gasteiger partial charge in [0.1, 0.15) is 18.0 Å². The molecule has 0 spiro atoms. The molecule has 1 N–H and O–H groups in total. The Morgan fingerprint density at radius 1 is 1.34 bits per heavy atom. The average molecular weight is 390 g/mol. The fraction of sp³-hybridized carbons (Fsp3) is 0.333. The van der Waals surface area contributed by atoms with Gasteiger partial charge in [-0.15, -0.1) is 0 Å². The third-order valence-corrected chi connectivity index (χ3v) is 5.04. The van der Waals surface area contributed by atoms with Gasteiger partial charge in [0.05, 0.1) is 25.0 Å². The van der Waals surface area contributed by atoms with E-state index in [1.54, 1.807) is 18.0 Å². The molecule has 1 atom stereocenters. The van der Waals surface area contributed by atoms with E-state index in [2.05, 4.69) is 16.2 Å². The molecule has 1 aromatic carbocycles. The first-order chi connectivity index (χ1) is 14.1. The number of aromatic nitrogens is 4. The number of ether oxygens (including phenoxy) is 1. The van der Waals surface area contributed by atoms with E-state index >= 15 is 0 Å². The van der Waals surface area contributed by atoms with Gasteiger partial charge in [0.2, 0.25) is 5.95 Å². The van der Waals surface area contributed by atoms with Crippen LogP contribution in [0.4, 0.5) is 5.95 Å². The predicted octanol–water partition coefficient (Wildman–Crippen LogP) is 2.42. The summed E-state index contributed by atoms with van der Waals surface area (Å²) in [6.45, 7) is 3.38. The number of aliphatic hydroxyl groups is 1. The topological polar surface area (TPSA) is 100 Å². The van der Waals surface area contributed by atoms with Gasteiger partial charge < -0.3 is 14.7 Å². The molecule has 0 saturated carbocycles. The van der Waals surface area contributed by atoms with Crippen LogP contribution in [-0.2, 0) is 6.54 Å². The Kier molecular flexibility index (Phi) is 5.14. The molecule has 148 valence electrons. The van der Waals surface area contributed by atoms with E-state index in [0.29, 0.717) is 18.9 Å². The second-order valence-corrected chi connectivity index (χ2v) is 7.06. The van der Waals surface area contributed by atoms with Gasteiger partial charge in [-0.25, -0.2) is 9.97 Å². The van der Waals surface area contributed by atoms with Crippen molar-refractivity contribution in [3.63, 3.8) is 0 Å². The van der Waals surface area contributed by atoms with Crippen molar-refractivity contribution in [2.24, 2.45) is 0 Å². The van der Waals surface area contributed by atoms with Crippen LogP contribution < -0.4 is 9.64 Å². The highest BCUT2D eigenvalue weighted by molar-refractivity contribution is 5.79. The Morgan fingerprint density at radius 3 is 2.93 bits per heavy atom. The lowest BCUT2D eigenvalue weighted by Crippen LogP contribution is -2.23. The van der Waals surface area contributed by atoms with Crippen LogP contribution in [-0.4, -0.2) is 51.2 Å². The van der Waals surface area contributed by atoms with E-state index in [9.17, 15) is 5.11 Å².